The van der Waals surface area contributed by atoms with Gasteiger partial charge in [0.25, 0.3) is 0 Å². The third-order valence-electron chi connectivity index (χ3n) is 4.23. The molecule has 25 heavy (non-hydrogen) atoms. The Morgan fingerprint density at radius 1 is 1.28 bits per heavy atom. The Hall–Kier alpha value is -2.21. The van der Waals surface area contributed by atoms with E-state index in [0.29, 0.717) is 25.8 Å². The highest BCUT2D eigenvalue weighted by Crippen LogP contribution is 2.27. The molecular weight excluding hydrogens is 336 g/mol. The van der Waals surface area contributed by atoms with E-state index in [1.807, 2.05) is 36.4 Å². The summed E-state index contributed by atoms with van der Waals surface area (Å²) in [5.74, 6) is 2.48. The van der Waals surface area contributed by atoms with Gasteiger partial charge < -0.3 is 15.1 Å². The lowest BCUT2D eigenvalue weighted by Gasteiger charge is -2.24. The molecule has 0 fully saturated rings. The van der Waals surface area contributed by atoms with Gasteiger partial charge in [-0.25, -0.2) is 0 Å². The number of hydrogen-bond acceptors (Lipinski definition) is 4. The van der Waals surface area contributed by atoms with E-state index in [1.54, 1.807) is 18.0 Å². The van der Waals surface area contributed by atoms with Crippen molar-refractivity contribution < 1.29 is 14.0 Å². The summed E-state index contributed by atoms with van der Waals surface area (Å²) < 4.78 is 5.26. The number of hydrogen-bond donors (Lipinski definition) is 2. The van der Waals surface area contributed by atoms with Crippen molar-refractivity contribution in [3.8, 4) is 0 Å². The molecule has 1 atom stereocenters. The highest BCUT2D eigenvalue weighted by molar-refractivity contribution is 7.98. The Morgan fingerprint density at radius 3 is 3.00 bits per heavy atom. The second kappa shape index (κ2) is 8.76. The third kappa shape index (κ3) is 5.13. The average molecular weight is 358 g/mol. The smallest absolute Gasteiger partial charge is 0.227 e. The second-order valence-corrected chi connectivity index (χ2v) is 7.17. The fraction of sp³-hybridized carbons (Fsp3) is 0.368. The minimum atomic E-state index is -0.131. The predicted molar refractivity (Wildman–Crippen MR) is 99.4 cm³/mol. The molecule has 6 heteroatoms. The van der Waals surface area contributed by atoms with Crippen LogP contribution in [0.25, 0.3) is 0 Å². The number of thioether (sulfide) groups is 1. The lowest BCUT2D eigenvalue weighted by atomic mass is 9.89. The Balaban J connectivity index is 1.33. The van der Waals surface area contributed by atoms with Crippen molar-refractivity contribution in [3.05, 3.63) is 54.0 Å². The van der Waals surface area contributed by atoms with Gasteiger partial charge in [-0.3, -0.25) is 9.59 Å². The number of nitrogens with one attached hydrogen (secondary N) is 2. The standard InChI is InChI=1S/C19H22N2O3S/c22-18(20-9-11-25-13-16-5-3-10-24-16)8-7-15-12-14-4-1-2-6-17(14)21-19(15)23/h1-6,10,15H,7-9,11-13H2,(H,20,22)(H,21,23). The maximum Gasteiger partial charge on any atom is 0.227 e. The van der Waals surface area contributed by atoms with Crippen LogP contribution in [0.2, 0.25) is 0 Å². The van der Waals surface area contributed by atoms with Crippen LogP contribution in [-0.2, 0) is 21.8 Å². The summed E-state index contributed by atoms with van der Waals surface area (Å²) in [7, 11) is 0. The van der Waals surface area contributed by atoms with E-state index in [0.717, 1.165) is 28.5 Å². The van der Waals surface area contributed by atoms with Gasteiger partial charge in [0, 0.05) is 30.3 Å². The number of rotatable bonds is 8. The number of anilines is 1. The van der Waals surface area contributed by atoms with Crippen molar-refractivity contribution >= 4 is 29.3 Å². The Labute approximate surface area is 151 Å². The van der Waals surface area contributed by atoms with E-state index in [2.05, 4.69) is 10.6 Å². The zero-order chi connectivity index (χ0) is 17.5. The highest BCUT2D eigenvalue weighted by atomic mass is 32.2. The van der Waals surface area contributed by atoms with Gasteiger partial charge in [0.2, 0.25) is 11.8 Å². The first-order chi connectivity index (χ1) is 12.2. The average Bonchev–Trinajstić information content (AvgIpc) is 3.13. The number of fused-ring (bicyclic) bond motifs is 1. The van der Waals surface area contributed by atoms with Crippen molar-refractivity contribution in [2.24, 2.45) is 5.92 Å². The van der Waals surface area contributed by atoms with Gasteiger partial charge >= 0.3 is 0 Å². The summed E-state index contributed by atoms with van der Waals surface area (Å²) in [4.78, 5) is 24.1. The maximum absolute atomic E-state index is 12.1. The van der Waals surface area contributed by atoms with Crippen LogP contribution in [0, 0.1) is 5.92 Å². The first-order valence-electron chi connectivity index (χ1n) is 8.48. The summed E-state index contributed by atoms with van der Waals surface area (Å²) >= 11 is 1.72. The van der Waals surface area contributed by atoms with Crippen LogP contribution in [0.4, 0.5) is 5.69 Å². The number of furan rings is 1. The van der Waals surface area contributed by atoms with Gasteiger partial charge in [0.1, 0.15) is 5.76 Å². The minimum absolute atomic E-state index is 0.00487. The third-order valence-corrected chi connectivity index (χ3v) is 5.21. The molecule has 0 saturated carbocycles. The lowest BCUT2D eigenvalue weighted by molar-refractivity contribution is -0.122. The molecule has 1 aromatic heterocycles. The first kappa shape index (κ1) is 17.6. The monoisotopic (exact) mass is 358 g/mol. The van der Waals surface area contributed by atoms with Crippen molar-refractivity contribution in [2.75, 3.05) is 17.6 Å². The molecule has 1 aliphatic rings. The van der Waals surface area contributed by atoms with Crippen LogP contribution in [0.3, 0.4) is 0 Å². The summed E-state index contributed by atoms with van der Waals surface area (Å²) in [5, 5.41) is 5.84. The van der Waals surface area contributed by atoms with Crippen molar-refractivity contribution in [1.82, 2.24) is 5.32 Å². The zero-order valence-electron chi connectivity index (χ0n) is 14.0. The summed E-state index contributed by atoms with van der Waals surface area (Å²) in [5.41, 5.74) is 2.03. The Kier molecular flexibility index (Phi) is 6.17. The number of carbonyl (C=O) groups is 2. The first-order valence-corrected chi connectivity index (χ1v) is 9.63. The van der Waals surface area contributed by atoms with E-state index in [-0.39, 0.29) is 17.7 Å². The van der Waals surface area contributed by atoms with Crippen LogP contribution in [0.5, 0.6) is 0 Å². The van der Waals surface area contributed by atoms with Crippen molar-refractivity contribution in [3.63, 3.8) is 0 Å². The fourth-order valence-electron chi connectivity index (χ4n) is 2.87. The highest BCUT2D eigenvalue weighted by Gasteiger charge is 2.26. The van der Waals surface area contributed by atoms with Crippen LogP contribution in [-0.4, -0.2) is 24.1 Å². The predicted octanol–water partition coefficient (Wildman–Crippen LogP) is 3.22. The van der Waals surface area contributed by atoms with Crippen LogP contribution < -0.4 is 10.6 Å². The molecule has 0 bridgehead atoms. The van der Waals surface area contributed by atoms with Gasteiger partial charge in [-0.1, -0.05) is 18.2 Å². The van der Waals surface area contributed by atoms with E-state index >= 15 is 0 Å². The van der Waals surface area contributed by atoms with Crippen molar-refractivity contribution in [1.29, 1.82) is 0 Å². The topological polar surface area (TPSA) is 71.3 Å². The summed E-state index contributed by atoms with van der Waals surface area (Å²) in [6, 6.07) is 11.6. The van der Waals surface area contributed by atoms with E-state index in [1.165, 1.54) is 0 Å². The van der Waals surface area contributed by atoms with Crippen LogP contribution in [0.15, 0.2) is 47.1 Å². The van der Waals surface area contributed by atoms with E-state index in [9.17, 15) is 9.59 Å². The largest absolute Gasteiger partial charge is 0.468 e. The SMILES string of the molecule is O=C(CCC1Cc2ccccc2NC1=O)NCCSCc1ccco1. The second-order valence-electron chi connectivity index (χ2n) is 6.07. The van der Waals surface area contributed by atoms with E-state index in [4.69, 9.17) is 4.42 Å². The Morgan fingerprint density at radius 2 is 2.16 bits per heavy atom. The molecule has 0 saturated heterocycles. The minimum Gasteiger partial charge on any atom is -0.468 e. The Bertz CT molecular complexity index is 715. The molecule has 2 aromatic rings. The van der Waals surface area contributed by atoms with Gasteiger partial charge in [-0.2, -0.15) is 11.8 Å². The maximum atomic E-state index is 12.1. The van der Waals surface area contributed by atoms with Gasteiger partial charge in [0.05, 0.1) is 12.0 Å². The molecule has 1 aromatic carbocycles. The zero-order valence-corrected chi connectivity index (χ0v) is 14.8. The molecule has 1 unspecified atom stereocenters. The summed E-state index contributed by atoms with van der Waals surface area (Å²) in [6.45, 7) is 0.629. The molecule has 5 nitrogen and oxygen atoms in total. The number of amides is 2. The number of para-hydroxylation sites is 1. The molecule has 3 rings (SSSR count). The molecule has 0 radical (unpaired) electrons. The van der Waals surface area contributed by atoms with Crippen LogP contribution >= 0.6 is 11.8 Å². The molecule has 2 N–H and O–H groups in total. The fourth-order valence-corrected chi connectivity index (χ4v) is 3.63. The lowest BCUT2D eigenvalue weighted by Crippen LogP contribution is -2.32. The number of benzene rings is 1. The van der Waals surface area contributed by atoms with Crippen LogP contribution in [0.1, 0.15) is 24.2 Å². The normalized spacial score (nSPS) is 16.2. The molecule has 0 spiro atoms. The molecule has 132 valence electrons. The molecule has 2 heterocycles. The molecule has 1 aliphatic heterocycles. The van der Waals surface area contributed by atoms with Crippen molar-refractivity contribution in [2.45, 2.75) is 25.0 Å². The molecule has 0 aliphatic carbocycles. The van der Waals surface area contributed by atoms with E-state index < -0.39 is 0 Å². The van der Waals surface area contributed by atoms with Gasteiger partial charge in [-0.05, 0) is 36.6 Å². The van der Waals surface area contributed by atoms with Gasteiger partial charge in [0.15, 0.2) is 0 Å². The number of carbonyl (C=O) groups excluding carboxylic acids is 2. The summed E-state index contributed by atoms with van der Waals surface area (Å²) in [6.07, 6.45) is 3.32. The quantitative estimate of drug-likeness (QED) is 0.711. The molecular formula is C19H22N2O3S. The van der Waals surface area contributed by atoms with Gasteiger partial charge in [-0.15, -0.1) is 0 Å². The molecule has 2 amide bonds.